The van der Waals surface area contributed by atoms with Crippen molar-refractivity contribution in [3.8, 4) is 11.3 Å². The van der Waals surface area contributed by atoms with Crippen LogP contribution in [0.25, 0.3) is 22.2 Å². The van der Waals surface area contributed by atoms with E-state index in [1.54, 1.807) is 6.08 Å². The van der Waals surface area contributed by atoms with Gasteiger partial charge in [0.2, 0.25) is 4.80 Å². The summed E-state index contributed by atoms with van der Waals surface area (Å²) in [6, 6.07) is 13.7. The Morgan fingerprint density at radius 1 is 1.21 bits per heavy atom. The molecule has 0 atom stereocenters. The quantitative estimate of drug-likeness (QED) is 0.387. The van der Waals surface area contributed by atoms with Crippen molar-refractivity contribution < 1.29 is 12.8 Å². The molecule has 0 aliphatic carbocycles. The van der Waals surface area contributed by atoms with Gasteiger partial charge in [-0.05, 0) is 37.3 Å². The summed E-state index contributed by atoms with van der Waals surface area (Å²) in [6.45, 7) is 6.11. The van der Waals surface area contributed by atoms with Crippen LogP contribution in [0.15, 0.2) is 80.3 Å². The molecule has 0 radical (unpaired) electrons. The number of benzene rings is 2. The highest BCUT2D eigenvalue weighted by molar-refractivity contribution is 7.90. The molecule has 0 saturated heterocycles. The highest BCUT2D eigenvalue weighted by Crippen LogP contribution is 2.34. The second-order valence-corrected chi connectivity index (χ2v) is 9.23. The molecule has 4 rings (SSSR count). The molecule has 0 aliphatic rings. The minimum Gasteiger partial charge on any atom is -0.461 e. The lowest BCUT2D eigenvalue weighted by Crippen LogP contribution is -2.17. The fraction of sp³-hybridized carbons (Fsp3) is 0.0952. The Hall–Kier alpha value is -2.61. The van der Waals surface area contributed by atoms with E-state index in [0.29, 0.717) is 16.4 Å². The Kier molecular flexibility index (Phi) is 5.21. The Morgan fingerprint density at radius 2 is 1.93 bits per heavy atom. The Bertz CT molecular complexity index is 1380. The fourth-order valence-corrected chi connectivity index (χ4v) is 5.40. The lowest BCUT2D eigenvalue weighted by molar-refractivity contribution is 0.579. The van der Waals surface area contributed by atoms with E-state index in [4.69, 9.17) is 16.0 Å². The van der Waals surface area contributed by atoms with Gasteiger partial charge in [-0.25, -0.2) is 0 Å². The van der Waals surface area contributed by atoms with Gasteiger partial charge in [-0.1, -0.05) is 35.9 Å². The zero-order valence-electron chi connectivity index (χ0n) is 15.5. The van der Waals surface area contributed by atoms with Crippen molar-refractivity contribution in [3.05, 3.63) is 82.2 Å². The van der Waals surface area contributed by atoms with Crippen LogP contribution >= 0.6 is 22.9 Å². The summed E-state index contributed by atoms with van der Waals surface area (Å²) in [5.41, 5.74) is 2.54. The molecule has 8 heteroatoms. The topological polar surface area (TPSA) is 64.6 Å². The lowest BCUT2D eigenvalue weighted by atomic mass is 10.1. The average Bonchev–Trinajstić information content (AvgIpc) is 3.21. The van der Waals surface area contributed by atoms with Crippen molar-refractivity contribution in [2.24, 2.45) is 4.40 Å². The third-order valence-corrected chi connectivity index (χ3v) is 6.96. The number of rotatable bonds is 5. The lowest BCUT2D eigenvalue weighted by Gasteiger charge is -2.06. The zero-order chi connectivity index (χ0) is 20.6. The smallest absolute Gasteiger partial charge is 0.285 e. The van der Waals surface area contributed by atoms with Gasteiger partial charge in [0.05, 0.1) is 10.6 Å². The maximum Gasteiger partial charge on any atom is 0.285 e. The third-order valence-electron chi connectivity index (χ3n) is 4.45. The molecular formula is C21H17ClN2O3S2. The third kappa shape index (κ3) is 3.69. The van der Waals surface area contributed by atoms with Crippen LogP contribution in [0.4, 0.5) is 0 Å². The van der Waals surface area contributed by atoms with E-state index in [1.807, 2.05) is 41.1 Å². The van der Waals surface area contributed by atoms with Gasteiger partial charge < -0.3 is 8.98 Å². The van der Waals surface area contributed by atoms with E-state index in [-0.39, 0.29) is 4.90 Å². The van der Waals surface area contributed by atoms with Crippen molar-refractivity contribution in [2.45, 2.75) is 18.4 Å². The number of aryl methyl sites for hydroxylation is 1. The van der Waals surface area contributed by atoms with Crippen LogP contribution in [0.5, 0.6) is 0 Å². The van der Waals surface area contributed by atoms with Gasteiger partial charge in [-0.15, -0.1) is 22.3 Å². The van der Waals surface area contributed by atoms with Crippen molar-refractivity contribution >= 4 is 43.9 Å². The van der Waals surface area contributed by atoms with Crippen LogP contribution in [-0.2, 0) is 16.6 Å². The number of halogens is 1. The number of nitrogens with zero attached hydrogens (tertiary/aromatic N) is 2. The van der Waals surface area contributed by atoms with Crippen LogP contribution in [0.3, 0.4) is 0 Å². The first-order valence-corrected chi connectivity index (χ1v) is 11.4. The Balaban J connectivity index is 1.92. The van der Waals surface area contributed by atoms with Crippen LogP contribution in [0, 0.1) is 6.92 Å². The minimum atomic E-state index is -3.88. The van der Waals surface area contributed by atoms with Crippen LogP contribution < -0.4 is 4.80 Å². The van der Waals surface area contributed by atoms with Crippen molar-refractivity contribution in [1.29, 1.82) is 0 Å². The molecule has 0 bridgehead atoms. The predicted molar refractivity (Wildman–Crippen MR) is 117 cm³/mol. The number of sulfonamides is 1. The summed E-state index contributed by atoms with van der Waals surface area (Å²) >= 11 is 7.12. The number of hydrogen-bond acceptors (Lipinski definition) is 4. The minimum absolute atomic E-state index is 0.0898. The number of furan rings is 1. The molecule has 2 aromatic carbocycles. The first kappa shape index (κ1) is 19.7. The molecule has 5 nitrogen and oxygen atoms in total. The van der Waals surface area contributed by atoms with Crippen molar-refractivity contribution in [3.63, 3.8) is 0 Å². The summed E-state index contributed by atoms with van der Waals surface area (Å²) in [5, 5.41) is 3.32. The summed E-state index contributed by atoms with van der Waals surface area (Å²) in [4.78, 5) is 0.450. The van der Waals surface area contributed by atoms with Gasteiger partial charge >= 0.3 is 0 Å². The van der Waals surface area contributed by atoms with Crippen molar-refractivity contribution in [1.82, 2.24) is 4.57 Å². The highest BCUT2D eigenvalue weighted by Gasteiger charge is 2.19. The Morgan fingerprint density at radius 3 is 2.66 bits per heavy atom. The number of allylic oxidation sites excluding steroid dienone is 1. The molecule has 148 valence electrons. The number of thiazole rings is 1. The molecule has 0 saturated carbocycles. The predicted octanol–water partition coefficient (Wildman–Crippen LogP) is 5.40. The molecule has 0 unspecified atom stereocenters. The molecule has 2 aromatic heterocycles. The number of fused-ring (bicyclic) bond motifs is 1. The van der Waals surface area contributed by atoms with E-state index in [1.165, 1.54) is 35.6 Å². The molecule has 0 fully saturated rings. The second kappa shape index (κ2) is 7.67. The van der Waals surface area contributed by atoms with Gasteiger partial charge in [-0.3, -0.25) is 0 Å². The van der Waals surface area contributed by atoms with E-state index in [0.717, 1.165) is 28.0 Å². The van der Waals surface area contributed by atoms with Crippen LogP contribution in [-0.4, -0.2) is 13.0 Å². The van der Waals surface area contributed by atoms with Gasteiger partial charge in [0, 0.05) is 27.9 Å². The van der Waals surface area contributed by atoms with Crippen LogP contribution in [0.1, 0.15) is 5.76 Å². The summed E-state index contributed by atoms with van der Waals surface area (Å²) in [6.07, 6.45) is 1.71. The maximum atomic E-state index is 12.8. The number of aromatic nitrogens is 1. The molecule has 2 heterocycles. The van der Waals surface area contributed by atoms with E-state index in [9.17, 15) is 8.42 Å². The van der Waals surface area contributed by atoms with Gasteiger partial charge in [-0.2, -0.15) is 8.42 Å². The van der Waals surface area contributed by atoms with Gasteiger partial charge in [0.15, 0.2) is 0 Å². The molecule has 29 heavy (non-hydrogen) atoms. The molecular weight excluding hydrogens is 428 g/mol. The molecule has 4 aromatic rings. The van der Waals surface area contributed by atoms with Crippen molar-refractivity contribution in [2.75, 3.05) is 0 Å². The SMILES string of the molecule is C=CCn1c(-c2c(C)oc3ccccc23)cs/c1=N/S(=O)(=O)c1ccc(Cl)cc1. The van der Waals surface area contributed by atoms with E-state index in [2.05, 4.69) is 11.0 Å². The Labute approximate surface area is 177 Å². The highest BCUT2D eigenvalue weighted by atomic mass is 35.5. The largest absolute Gasteiger partial charge is 0.461 e. The normalized spacial score (nSPS) is 12.6. The summed E-state index contributed by atoms with van der Waals surface area (Å²) < 4.78 is 37.4. The summed E-state index contributed by atoms with van der Waals surface area (Å²) in [5.74, 6) is 0.758. The zero-order valence-corrected chi connectivity index (χ0v) is 17.9. The molecule has 0 amide bonds. The molecule has 0 spiro atoms. The van der Waals surface area contributed by atoms with Gasteiger partial charge in [0.1, 0.15) is 11.3 Å². The van der Waals surface area contributed by atoms with E-state index < -0.39 is 10.0 Å². The van der Waals surface area contributed by atoms with Gasteiger partial charge in [0.25, 0.3) is 10.0 Å². The number of para-hydroxylation sites is 1. The first-order valence-electron chi connectivity index (χ1n) is 8.75. The monoisotopic (exact) mass is 444 g/mol. The van der Waals surface area contributed by atoms with Crippen LogP contribution in [0.2, 0.25) is 5.02 Å². The summed E-state index contributed by atoms with van der Waals surface area (Å²) in [7, 11) is -3.88. The standard InChI is InChI=1S/C21H17ClN2O3S2/c1-3-12-24-18(20-14(2)27-19-7-5-4-6-17(19)20)13-28-21(24)23-29(25,26)16-10-8-15(22)9-11-16/h3-11,13H,1,12H2,2H3/b23-21+. The average molecular weight is 445 g/mol. The molecule has 0 N–H and O–H groups in total. The maximum absolute atomic E-state index is 12.8. The fourth-order valence-electron chi connectivity index (χ4n) is 3.16. The first-order chi connectivity index (χ1) is 13.9. The number of hydrogen-bond donors (Lipinski definition) is 0. The van der Waals surface area contributed by atoms with E-state index >= 15 is 0 Å². The molecule has 0 aliphatic heterocycles. The second-order valence-electron chi connectivity index (χ2n) is 6.35.